The number of carboxylic acids is 1. The molecule has 0 saturated heterocycles. The van der Waals surface area contributed by atoms with Crippen molar-refractivity contribution in [1.29, 1.82) is 0 Å². The van der Waals surface area contributed by atoms with Crippen LogP contribution in [0.25, 0.3) is 11.0 Å². The standard InChI is InChI=1S/C33H43FN4O7/c1-6-16-43-20-38-19-21(2)27-26(12-15-35-28(27)38)44-25-11-10-22(17-23(25)34)18-24(36-31(42)45-32(3,4)5)29(39)37-33(30(40)41)13-8-7-9-14-33/h10-12,15,17,19,24H,6-9,13-14,16,18,20H2,1-5H3,(H,36,42)(H,37,39)(H,40,41). The number of fused-ring (bicyclic) bond motifs is 1. The molecule has 1 unspecified atom stereocenters. The van der Waals surface area contributed by atoms with Crippen LogP contribution in [0.4, 0.5) is 9.18 Å². The molecule has 2 amide bonds. The zero-order valence-corrected chi connectivity index (χ0v) is 26.6. The minimum Gasteiger partial charge on any atom is -0.480 e. The summed E-state index contributed by atoms with van der Waals surface area (Å²) < 4.78 is 34.4. The number of carboxylic acid groups (broad SMARTS) is 1. The van der Waals surface area contributed by atoms with Crippen molar-refractivity contribution in [3.05, 3.63) is 53.6 Å². The van der Waals surface area contributed by atoms with Crippen LogP contribution in [0.5, 0.6) is 11.5 Å². The lowest BCUT2D eigenvalue weighted by atomic mass is 9.81. The summed E-state index contributed by atoms with van der Waals surface area (Å²) in [5, 5.41) is 15.9. The maximum Gasteiger partial charge on any atom is 0.408 e. The maximum absolute atomic E-state index is 15.5. The highest BCUT2D eigenvalue weighted by Crippen LogP contribution is 2.34. The van der Waals surface area contributed by atoms with Gasteiger partial charge in [-0.05, 0) is 76.3 Å². The summed E-state index contributed by atoms with van der Waals surface area (Å²) in [4.78, 5) is 42.8. The number of carbonyl (C=O) groups is 3. The van der Waals surface area contributed by atoms with E-state index < -0.39 is 41.0 Å². The molecule has 244 valence electrons. The molecule has 1 aliphatic carbocycles. The molecular formula is C33H43FN4O7. The van der Waals surface area contributed by atoms with Gasteiger partial charge in [0.25, 0.3) is 0 Å². The van der Waals surface area contributed by atoms with Crippen LogP contribution in [0.1, 0.15) is 77.3 Å². The molecular weight excluding hydrogens is 583 g/mol. The summed E-state index contributed by atoms with van der Waals surface area (Å²) in [6.45, 7) is 9.94. The van der Waals surface area contributed by atoms with E-state index >= 15 is 4.39 Å². The number of nitrogens with one attached hydrogen (secondary N) is 2. The molecule has 0 bridgehead atoms. The number of halogens is 1. The number of rotatable bonds is 12. The Kier molecular flexibility index (Phi) is 10.7. The van der Waals surface area contributed by atoms with E-state index in [4.69, 9.17) is 14.2 Å². The summed E-state index contributed by atoms with van der Waals surface area (Å²) >= 11 is 0. The van der Waals surface area contributed by atoms with E-state index in [-0.39, 0.29) is 25.0 Å². The van der Waals surface area contributed by atoms with E-state index in [0.29, 0.717) is 43.1 Å². The van der Waals surface area contributed by atoms with Crippen molar-refractivity contribution in [3.63, 3.8) is 0 Å². The van der Waals surface area contributed by atoms with Crippen molar-refractivity contribution in [2.75, 3.05) is 6.61 Å². The molecule has 1 aliphatic rings. The topological polar surface area (TPSA) is 141 Å². The van der Waals surface area contributed by atoms with Crippen LogP contribution in [0.2, 0.25) is 0 Å². The number of aromatic nitrogens is 2. The number of aryl methyl sites for hydroxylation is 1. The summed E-state index contributed by atoms with van der Waals surface area (Å²) in [6.07, 6.45) is 6.18. The monoisotopic (exact) mass is 626 g/mol. The van der Waals surface area contributed by atoms with E-state index in [1.807, 2.05) is 24.6 Å². The first-order chi connectivity index (χ1) is 21.3. The normalized spacial score (nSPS) is 15.3. The number of hydrogen-bond acceptors (Lipinski definition) is 7. The number of carbonyl (C=O) groups excluding carboxylic acids is 2. The van der Waals surface area contributed by atoms with Gasteiger partial charge in [-0.25, -0.2) is 19.0 Å². The van der Waals surface area contributed by atoms with Crippen LogP contribution in [0, 0.1) is 12.7 Å². The summed E-state index contributed by atoms with van der Waals surface area (Å²) in [7, 11) is 0. The molecule has 3 aromatic rings. The van der Waals surface area contributed by atoms with Gasteiger partial charge in [0.15, 0.2) is 11.6 Å². The Labute approximate surface area is 262 Å². The second-order valence-corrected chi connectivity index (χ2v) is 12.5. The Hall–Kier alpha value is -4.19. The van der Waals surface area contributed by atoms with Crippen molar-refractivity contribution in [1.82, 2.24) is 20.2 Å². The van der Waals surface area contributed by atoms with Gasteiger partial charge in [0, 0.05) is 25.4 Å². The minimum absolute atomic E-state index is 0.0335. The number of benzene rings is 1. The third-order valence-electron chi connectivity index (χ3n) is 7.63. The second-order valence-electron chi connectivity index (χ2n) is 12.5. The first-order valence-corrected chi connectivity index (χ1v) is 15.4. The Bertz CT molecular complexity index is 1530. The SMILES string of the molecule is CCCOCn1cc(C)c2c(Oc3ccc(CC(NC(=O)OC(C)(C)C)C(=O)NC4(C(=O)O)CCCCC4)cc3F)ccnc21. The molecule has 0 aliphatic heterocycles. The molecule has 1 aromatic carbocycles. The highest BCUT2D eigenvalue weighted by molar-refractivity contribution is 5.91. The van der Waals surface area contributed by atoms with Gasteiger partial charge in [-0.3, -0.25) is 4.79 Å². The number of amides is 2. The lowest BCUT2D eigenvalue weighted by molar-refractivity contribution is -0.149. The number of pyridine rings is 1. The molecule has 1 saturated carbocycles. The largest absolute Gasteiger partial charge is 0.480 e. The van der Waals surface area contributed by atoms with Gasteiger partial charge in [0.05, 0.1) is 5.39 Å². The molecule has 1 fully saturated rings. The summed E-state index contributed by atoms with van der Waals surface area (Å²) in [5.41, 5.74) is -0.329. The highest BCUT2D eigenvalue weighted by Gasteiger charge is 2.42. The average Bonchev–Trinajstić information content (AvgIpc) is 3.29. The minimum atomic E-state index is -1.43. The fourth-order valence-electron chi connectivity index (χ4n) is 5.51. The molecule has 1 atom stereocenters. The first-order valence-electron chi connectivity index (χ1n) is 15.4. The predicted molar refractivity (Wildman–Crippen MR) is 166 cm³/mol. The van der Waals surface area contributed by atoms with Crippen LogP contribution in [-0.2, 0) is 32.2 Å². The van der Waals surface area contributed by atoms with Crippen LogP contribution in [-0.4, -0.2) is 56.4 Å². The molecule has 12 heteroatoms. The molecule has 3 N–H and O–H groups in total. The number of ether oxygens (including phenoxy) is 3. The molecule has 2 aromatic heterocycles. The average molecular weight is 627 g/mol. The number of alkyl carbamates (subject to hydrolysis) is 1. The van der Waals surface area contributed by atoms with E-state index in [2.05, 4.69) is 15.6 Å². The van der Waals surface area contributed by atoms with E-state index in [9.17, 15) is 19.5 Å². The molecule has 11 nitrogen and oxygen atoms in total. The third-order valence-corrected chi connectivity index (χ3v) is 7.63. The molecule has 4 rings (SSSR count). The van der Waals surface area contributed by atoms with Crippen molar-refractivity contribution >= 4 is 29.0 Å². The summed E-state index contributed by atoms with van der Waals surface area (Å²) in [6, 6.07) is 4.72. The van der Waals surface area contributed by atoms with Crippen LogP contribution in [0.15, 0.2) is 36.7 Å². The van der Waals surface area contributed by atoms with Crippen LogP contribution < -0.4 is 15.4 Å². The Balaban J connectivity index is 1.55. The fourth-order valence-corrected chi connectivity index (χ4v) is 5.51. The highest BCUT2D eigenvalue weighted by atomic mass is 19.1. The zero-order chi connectivity index (χ0) is 32.8. The quantitative estimate of drug-likeness (QED) is 0.208. The maximum atomic E-state index is 15.5. The Morgan fingerprint density at radius 3 is 2.51 bits per heavy atom. The number of aliphatic carboxylic acids is 1. The van der Waals surface area contributed by atoms with Gasteiger partial charge in [0.1, 0.15) is 35.3 Å². The molecule has 45 heavy (non-hydrogen) atoms. The smallest absolute Gasteiger partial charge is 0.408 e. The van der Waals surface area contributed by atoms with Gasteiger partial charge >= 0.3 is 12.1 Å². The second kappa shape index (κ2) is 14.3. The van der Waals surface area contributed by atoms with E-state index in [1.165, 1.54) is 12.1 Å². The van der Waals surface area contributed by atoms with Gasteiger partial charge < -0.3 is 34.5 Å². The Morgan fingerprint density at radius 1 is 1.13 bits per heavy atom. The summed E-state index contributed by atoms with van der Waals surface area (Å²) in [5.74, 6) is -2.09. The first kappa shape index (κ1) is 33.7. The van der Waals surface area contributed by atoms with Crippen molar-refractivity contribution in [2.45, 2.75) is 103 Å². The molecule has 0 spiro atoms. The lowest BCUT2D eigenvalue weighted by Gasteiger charge is -2.35. The van der Waals surface area contributed by atoms with Gasteiger partial charge in [0.2, 0.25) is 5.91 Å². The van der Waals surface area contributed by atoms with Crippen LogP contribution >= 0.6 is 0 Å². The van der Waals surface area contributed by atoms with Gasteiger partial charge in [-0.2, -0.15) is 0 Å². The Morgan fingerprint density at radius 2 is 1.87 bits per heavy atom. The predicted octanol–water partition coefficient (Wildman–Crippen LogP) is 6.00. The fraction of sp³-hybridized carbons (Fsp3) is 0.515. The lowest BCUT2D eigenvalue weighted by Crippen LogP contribution is -2.60. The number of hydrogen-bond donors (Lipinski definition) is 3. The third kappa shape index (κ3) is 8.50. The van der Waals surface area contributed by atoms with E-state index in [0.717, 1.165) is 23.8 Å². The molecule has 2 heterocycles. The van der Waals surface area contributed by atoms with Gasteiger partial charge in [-0.1, -0.05) is 32.3 Å². The number of nitrogens with zero attached hydrogens (tertiary/aromatic N) is 2. The van der Waals surface area contributed by atoms with Crippen molar-refractivity contribution in [3.8, 4) is 11.5 Å². The van der Waals surface area contributed by atoms with Crippen molar-refractivity contribution < 1.29 is 38.1 Å². The van der Waals surface area contributed by atoms with Gasteiger partial charge in [-0.15, -0.1) is 0 Å². The van der Waals surface area contributed by atoms with E-state index in [1.54, 1.807) is 39.1 Å². The molecule has 0 radical (unpaired) electrons. The van der Waals surface area contributed by atoms with Crippen LogP contribution in [0.3, 0.4) is 0 Å². The van der Waals surface area contributed by atoms with Crippen molar-refractivity contribution in [2.24, 2.45) is 0 Å². The zero-order valence-electron chi connectivity index (χ0n) is 26.6.